The number of aromatic hydroxyl groups is 1. The SMILES string of the molecule is COc1cc(C(=O)NCc2ccccc2)cc(Br)c1O. The Labute approximate surface area is 125 Å². The van der Waals surface area contributed by atoms with Gasteiger partial charge in [-0.25, -0.2) is 0 Å². The molecular weight excluding hydrogens is 322 g/mol. The number of carbonyl (C=O) groups is 1. The number of amides is 1. The number of phenols is 1. The van der Waals surface area contributed by atoms with Crippen LogP contribution in [0.5, 0.6) is 11.5 Å². The third kappa shape index (κ3) is 3.30. The summed E-state index contributed by atoms with van der Waals surface area (Å²) in [6.45, 7) is 0.445. The molecule has 0 atom stereocenters. The monoisotopic (exact) mass is 335 g/mol. The Balaban J connectivity index is 2.11. The molecule has 0 heterocycles. The molecule has 0 aliphatic heterocycles. The van der Waals surface area contributed by atoms with Crippen molar-refractivity contribution < 1.29 is 14.6 Å². The van der Waals surface area contributed by atoms with Gasteiger partial charge in [-0.15, -0.1) is 0 Å². The van der Waals surface area contributed by atoms with Gasteiger partial charge in [0.05, 0.1) is 11.6 Å². The van der Waals surface area contributed by atoms with Crippen LogP contribution in [0.2, 0.25) is 0 Å². The molecule has 0 radical (unpaired) electrons. The largest absolute Gasteiger partial charge is 0.503 e. The van der Waals surface area contributed by atoms with Crippen molar-refractivity contribution in [3.05, 3.63) is 58.1 Å². The number of hydrogen-bond donors (Lipinski definition) is 2. The smallest absolute Gasteiger partial charge is 0.251 e. The van der Waals surface area contributed by atoms with Crippen LogP contribution in [0.25, 0.3) is 0 Å². The zero-order valence-corrected chi connectivity index (χ0v) is 12.5. The molecule has 2 aromatic rings. The van der Waals surface area contributed by atoms with Crippen LogP contribution in [0.4, 0.5) is 0 Å². The average Bonchev–Trinajstić information content (AvgIpc) is 2.48. The Kier molecular flexibility index (Phi) is 4.63. The molecule has 0 unspecified atom stereocenters. The normalized spacial score (nSPS) is 10.1. The van der Waals surface area contributed by atoms with Gasteiger partial charge in [-0.1, -0.05) is 30.3 Å². The maximum Gasteiger partial charge on any atom is 0.251 e. The summed E-state index contributed by atoms with van der Waals surface area (Å²) >= 11 is 3.19. The molecule has 0 aliphatic carbocycles. The standard InChI is InChI=1S/C15H14BrNO3/c1-20-13-8-11(7-12(16)14(13)18)15(19)17-9-10-5-3-2-4-6-10/h2-8,18H,9H2,1H3,(H,17,19). The number of halogens is 1. The molecule has 0 fully saturated rings. The summed E-state index contributed by atoms with van der Waals surface area (Å²) in [5.41, 5.74) is 1.44. The molecule has 2 N–H and O–H groups in total. The maximum atomic E-state index is 12.1. The second-order valence-corrected chi connectivity index (χ2v) is 5.03. The fraction of sp³-hybridized carbons (Fsp3) is 0.133. The van der Waals surface area contributed by atoms with Crippen molar-refractivity contribution in [1.29, 1.82) is 0 Å². The number of ether oxygens (including phenoxy) is 1. The first-order valence-corrected chi connectivity index (χ1v) is 6.79. The van der Waals surface area contributed by atoms with Crippen LogP contribution in [0.1, 0.15) is 15.9 Å². The van der Waals surface area contributed by atoms with Crippen LogP contribution in [-0.2, 0) is 6.54 Å². The summed E-state index contributed by atoms with van der Waals surface area (Å²) in [6.07, 6.45) is 0. The molecule has 20 heavy (non-hydrogen) atoms. The molecule has 0 saturated carbocycles. The van der Waals surface area contributed by atoms with Gasteiger partial charge in [-0.3, -0.25) is 4.79 Å². The number of methoxy groups -OCH3 is 1. The first-order valence-electron chi connectivity index (χ1n) is 6.00. The molecule has 2 aromatic carbocycles. The summed E-state index contributed by atoms with van der Waals surface area (Å²) in [5, 5.41) is 12.5. The molecule has 4 nitrogen and oxygen atoms in total. The van der Waals surface area contributed by atoms with Crippen molar-refractivity contribution in [3.8, 4) is 11.5 Å². The zero-order chi connectivity index (χ0) is 14.5. The predicted molar refractivity (Wildman–Crippen MR) is 80.0 cm³/mol. The number of nitrogens with one attached hydrogen (secondary N) is 1. The Hall–Kier alpha value is -2.01. The van der Waals surface area contributed by atoms with E-state index >= 15 is 0 Å². The molecule has 0 saturated heterocycles. The van der Waals surface area contributed by atoms with Crippen molar-refractivity contribution in [3.63, 3.8) is 0 Å². The molecule has 104 valence electrons. The van der Waals surface area contributed by atoms with E-state index in [9.17, 15) is 9.90 Å². The Bertz CT molecular complexity index is 614. The van der Waals surface area contributed by atoms with E-state index in [4.69, 9.17) is 4.74 Å². The summed E-state index contributed by atoms with van der Waals surface area (Å²) in [6, 6.07) is 12.7. The van der Waals surface area contributed by atoms with Gasteiger partial charge in [-0.2, -0.15) is 0 Å². The lowest BCUT2D eigenvalue weighted by molar-refractivity contribution is 0.0950. The highest BCUT2D eigenvalue weighted by Crippen LogP contribution is 2.35. The van der Waals surface area contributed by atoms with Crippen molar-refractivity contribution in [2.75, 3.05) is 7.11 Å². The molecular formula is C15H14BrNO3. The van der Waals surface area contributed by atoms with Crippen molar-refractivity contribution in [1.82, 2.24) is 5.32 Å². The predicted octanol–water partition coefficient (Wildman–Crippen LogP) is 3.09. The van der Waals surface area contributed by atoms with Crippen LogP contribution >= 0.6 is 15.9 Å². The van der Waals surface area contributed by atoms with Crippen molar-refractivity contribution in [2.45, 2.75) is 6.54 Å². The molecule has 0 aliphatic rings. The van der Waals surface area contributed by atoms with Crippen molar-refractivity contribution in [2.24, 2.45) is 0 Å². The number of carbonyl (C=O) groups excluding carboxylic acids is 1. The maximum absolute atomic E-state index is 12.1. The van der Waals surface area contributed by atoms with Crippen LogP contribution < -0.4 is 10.1 Å². The lowest BCUT2D eigenvalue weighted by Gasteiger charge is -2.09. The lowest BCUT2D eigenvalue weighted by atomic mass is 10.1. The number of benzene rings is 2. The minimum atomic E-state index is -0.229. The van der Waals surface area contributed by atoms with E-state index in [0.717, 1.165) is 5.56 Å². The van der Waals surface area contributed by atoms with Gasteiger partial charge in [0.25, 0.3) is 5.91 Å². The summed E-state index contributed by atoms with van der Waals surface area (Å²) < 4.78 is 5.44. The van der Waals surface area contributed by atoms with E-state index in [0.29, 0.717) is 16.6 Å². The molecule has 0 spiro atoms. The first kappa shape index (κ1) is 14.4. The second kappa shape index (κ2) is 6.43. The van der Waals surface area contributed by atoms with Crippen molar-refractivity contribution >= 4 is 21.8 Å². The third-order valence-electron chi connectivity index (χ3n) is 2.81. The average molecular weight is 336 g/mol. The summed E-state index contributed by atoms with van der Waals surface area (Å²) in [5.74, 6) is 0.00389. The van der Waals surface area contributed by atoms with Gasteiger partial charge in [0.1, 0.15) is 0 Å². The molecule has 2 rings (SSSR count). The van der Waals surface area contributed by atoms with Crippen LogP contribution in [0, 0.1) is 0 Å². The van der Waals surface area contributed by atoms with Gasteiger partial charge >= 0.3 is 0 Å². The van der Waals surface area contributed by atoms with Gasteiger partial charge in [0.2, 0.25) is 0 Å². The minimum Gasteiger partial charge on any atom is -0.503 e. The molecule has 5 heteroatoms. The third-order valence-corrected chi connectivity index (χ3v) is 3.41. The molecule has 0 bridgehead atoms. The van der Waals surface area contributed by atoms with E-state index in [1.165, 1.54) is 13.2 Å². The van der Waals surface area contributed by atoms with E-state index in [1.54, 1.807) is 6.07 Å². The summed E-state index contributed by atoms with van der Waals surface area (Å²) in [4.78, 5) is 12.1. The highest BCUT2D eigenvalue weighted by Gasteiger charge is 2.13. The Morgan fingerprint density at radius 1 is 1.30 bits per heavy atom. The molecule has 0 aromatic heterocycles. The van der Waals surface area contributed by atoms with Crippen LogP contribution in [-0.4, -0.2) is 18.1 Å². The van der Waals surface area contributed by atoms with E-state index in [2.05, 4.69) is 21.2 Å². The lowest BCUT2D eigenvalue weighted by Crippen LogP contribution is -2.22. The summed E-state index contributed by atoms with van der Waals surface area (Å²) in [7, 11) is 1.44. The first-order chi connectivity index (χ1) is 9.61. The van der Waals surface area contributed by atoms with Gasteiger partial charge in [-0.05, 0) is 33.6 Å². The zero-order valence-electron chi connectivity index (χ0n) is 10.9. The van der Waals surface area contributed by atoms with E-state index in [1.807, 2.05) is 30.3 Å². The van der Waals surface area contributed by atoms with Crippen LogP contribution in [0.15, 0.2) is 46.9 Å². The topological polar surface area (TPSA) is 58.6 Å². The molecule has 1 amide bonds. The van der Waals surface area contributed by atoms with Gasteiger partial charge < -0.3 is 15.2 Å². The minimum absolute atomic E-state index is 0.0212. The number of hydrogen-bond acceptors (Lipinski definition) is 3. The fourth-order valence-corrected chi connectivity index (χ4v) is 2.18. The second-order valence-electron chi connectivity index (χ2n) is 4.18. The number of rotatable bonds is 4. The fourth-order valence-electron chi connectivity index (χ4n) is 1.74. The number of phenolic OH excluding ortho intramolecular Hbond substituents is 1. The Morgan fingerprint density at radius 3 is 2.65 bits per heavy atom. The van der Waals surface area contributed by atoms with E-state index < -0.39 is 0 Å². The van der Waals surface area contributed by atoms with E-state index in [-0.39, 0.29) is 17.4 Å². The van der Waals surface area contributed by atoms with Gasteiger partial charge in [0, 0.05) is 12.1 Å². The highest BCUT2D eigenvalue weighted by molar-refractivity contribution is 9.10. The highest BCUT2D eigenvalue weighted by atomic mass is 79.9. The quantitative estimate of drug-likeness (QED) is 0.902. The van der Waals surface area contributed by atoms with Gasteiger partial charge in [0.15, 0.2) is 11.5 Å². The Morgan fingerprint density at radius 2 is 2.00 bits per heavy atom. The van der Waals surface area contributed by atoms with Crippen LogP contribution in [0.3, 0.4) is 0 Å².